The lowest BCUT2D eigenvalue weighted by Crippen LogP contribution is -2.01. The summed E-state index contributed by atoms with van der Waals surface area (Å²) in [4.78, 5) is 24.6. The van der Waals surface area contributed by atoms with E-state index in [0.717, 1.165) is 5.56 Å². The summed E-state index contributed by atoms with van der Waals surface area (Å²) in [7, 11) is 0. The van der Waals surface area contributed by atoms with Crippen LogP contribution < -0.4 is 0 Å². The first-order valence-electron chi connectivity index (χ1n) is 4.10. The van der Waals surface area contributed by atoms with Gasteiger partial charge in [-0.1, -0.05) is 6.07 Å². The molecule has 0 saturated carbocycles. The first-order chi connectivity index (χ1) is 6.99. The molecule has 78 valence electrons. The summed E-state index contributed by atoms with van der Waals surface area (Å²) in [5, 5.41) is 9.00. The Morgan fingerprint density at radius 1 is 1.47 bits per heavy atom. The molecule has 0 aromatic heterocycles. The molecule has 0 bridgehead atoms. The van der Waals surface area contributed by atoms with Crippen molar-refractivity contribution in [2.75, 3.05) is 0 Å². The minimum Gasteiger partial charge on any atom is -0.478 e. The molecule has 1 aromatic rings. The molecule has 1 rings (SSSR count). The molecule has 0 aliphatic carbocycles. The Morgan fingerprint density at radius 2 is 2.07 bits per heavy atom. The van der Waals surface area contributed by atoms with Crippen molar-refractivity contribution in [3.05, 3.63) is 27.2 Å². The Hall–Kier alpha value is -1.45. The van der Waals surface area contributed by atoms with Crippen molar-refractivity contribution in [2.24, 2.45) is 4.99 Å². The molecular weight excluding hydrogens is 262 g/mol. The molecule has 0 spiro atoms. The van der Waals surface area contributed by atoms with E-state index in [4.69, 9.17) is 5.11 Å². The van der Waals surface area contributed by atoms with Gasteiger partial charge in [-0.25, -0.2) is 9.59 Å². The molecule has 0 fully saturated rings. The predicted molar refractivity (Wildman–Crippen MR) is 58.4 cm³/mol. The zero-order valence-electron chi connectivity index (χ0n) is 8.17. The van der Waals surface area contributed by atoms with Gasteiger partial charge < -0.3 is 5.11 Å². The number of carbonyl (C=O) groups excluding carboxylic acids is 1. The predicted octanol–water partition coefficient (Wildman–Crippen LogP) is 2.73. The summed E-state index contributed by atoms with van der Waals surface area (Å²) >= 11 is 3.17. The molecule has 0 saturated heterocycles. The normalized spacial score (nSPS) is 9.53. The van der Waals surface area contributed by atoms with E-state index in [1.165, 1.54) is 6.08 Å². The molecule has 0 aliphatic heterocycles. The number of nitrogens with zero attached hydrogens (tertiary/aromatic N) is 1. The van der Waals surface area contributed by atoms with Crippen LogP contribution in [-0.2, 0) is 4.79 Å². The van der Waals surface area contributed by atoms with Gasteiger partial charge in [-0.3, -0.25) is 0 Å². The van der Waals surface area contributed by atoms with Gasteiger partial charge >= 0.3 is 5.97 Å². The van der Waals surface area contributed by atoms with E-state index in [-0.39, 0.29) is 11.3 Å². The Balaban J connectivity index is 3.68. The average molecular weight is 270 g/mol. The van der Waals surface area contributed by atoms with Crippen LogP contribution in [0.5, 0.6) is 0 Å². The standard InChI is InChI=1S/C10H8BrNO3/c1-5-3-6(2)9(12-4-13)7(8(5)11)10(14)15/h3H,1-2H3,(H,14,15). The van der Waals surface area contributed by atoms with E-state index in [2.05, 4.69) is 20.9 Å². The van der Waals surface area contributed by atoms with Gasteiger partial charge in [-0.2, -0.15) is 4.99 Å². The summed E-state index contributed by atoms with van der Waals surface area (Å²) in [6.45, 7) is 3.47. The summed E-state index contributed by atoms with van der Waals surface area (Å²) in [6.07, 6.45) is 1.36. The van der Waals surface area contributed by atoms with Crippen molar-refractivity contribution in [1.29, 1.82) is 0 Å². The average Bonchev–Trinajstić information content (AvgIpc) is 2.14. The van der Waals surface area contributed by atoms with Crippen LogP contribution in [0.4, 0.5) is 5.69 Å². The maximum absolute atomic E-state index is 11.0. The van der Waals surface area contributed by atoms with Crippen molar-refractivity contribution >= 4 is 33.7 Å². The van der Waals surface area contributed by atoms with Crippen molar-refractivity contribution in [1.82, 2.24) is 0 Å². The number of benzene rings is 1. The maximum atomic E-state index is 11.0. The minimum atomic E-state index is -1.12. The first kappa shape index (κ1) is 11.6. The molecule has 0 amide bonds. The molecule has 1 N–H and O–H groups in total. The summed E-state index contributed by atoms with van der Waals surface area (Å²) in [5.74, 6) is -1.12. The van der Waals surface area contributed by atoms with E-state index in [9.17, 15) is 9.59 Å². The largest absolute Gasteiger partial charge is 0.478 e. The van der Waals surface area contributed by atoms with Gasteiger partial charge in [0.1, 0.15) is 5.56 Å². The quantitative estimate of drug-likeness (QED) is 0.663. The van der Waals surface area contributed by atoms with E-state index in [1.807, 2.05) is 0 Å². The van der Waals surface area contributed by atoms with Crippen LogP contribution in [0.3, 0.4) is 0 Å². The fourth-order valence-electron chi connectivity index (χ4n) is 1.34. The highest BCUT2D eigenvalue weighted by molar-refractivity contribution is 9.10. The van der Waals surface area contributed by atoms with Gasteiger partial charge in [0.25, 0.3) is 0 Å². The second kappa shape index (κ2) is 4.38. The molecule has 0 atom stereocenters. The number of rotatable bonds is 2. The Labute approximate surface area is 94.8 Å². The van der Waals surface area contributed by atoms with Crippen LogP contribution >= 0.6 is 15.9 Å². The van der Waals surface area contributed by atoms with Gasteiger partial charge in [-0.15, -0.1) is 0 Å². The molecule has 0 heterocycles. The molecule has 15 heavy (non-hydrogen) atoms. The maximum Gasteiger partial charge on any atom is 0.339 e. The van der Waals surface area contributed by atoms with Crippen molar-refractivity contribution in [3.63, 3.8) is 0 Å². The fourth-order valence-corrected chi connectivity index (χ4v) is 1.81. The van der Waals surface area contributed by atoms with Crippen LogP contribution in [0.25, 0.3) is 0 Å². The Kier molecular flexibility index (Phi) is 3.39. The number of aliphatic imine (C=N–C) groups is 1. The first-order valence-corrected chi connectivity index (χ1v) is 4.89. The lowest BCUT2D eigenvalue weighted by molar-refractivity contribution is 0.0696. The van der Waals surface area contributed by atoms with Crippen LogP contribution in [0, 0.1) is 13.8 Å². The van der Waals surface area contributed by atoms with Crippen molar-refractivity contribution < 1.29 is 14.7 Å². The summed E-state index contributed by atoms with van der Waals surface area (Å²) < 4.78 is 0.439. The zero-order chi connectivity index (χ0) is 11.6. The van der Waals surface area contributed by atoms with Gasteiger partial charge in [0, 0.05) is 4.47 Å². The highest BCUT2D eigenvalue weighted by Gasteiger charge is 2.18. The van der Waals surface area contributed by atoms with Gasteiger partial charge in [0.2, 0.25) is 6.08 Å². The molecular formula is C10H8BrNO3. The fraction of sp³-hybridized carbons (Fsp3) is 0.200. The van der Waals surface area contributed by atoms with Gasteiger partial charge in [-0.05, 0) is 40.9 Å². The number of hydrogen-bond acceptors (Lipinski definition) is 3. The second-order valence-corrected chi connectivity index (χ2v) is 3.85. The number of aryl methyl sites for hydroxylation is 2. The number of halogens is 1. The number of carboxylic acids is 1. The van der Waals surface area contributed by atoms with Crippen LogP contribution in [0.15, 0.2) is 15.5 Å². The highest BCUT2D eigenvalue weighted by Crippen LogP contribution is 2.33. The minimum absolute atomic E-state index is 0.00384. The third-order valence-corrected chi connectivity index (χ3v) is 3.00. The molecule has 0 aliphatic rings. The lowest BCUT2D eigenvalue weighted by Gasteiger charge is -2.08. The van der Waals surface area contributed by atoms with E-state index >= 15 is 0 Å². The Morgan fingerprint density at radius 3 is 2.53 bits per heavy atom. The van der Waals surface area contributed by atoms with E-state index < -0.39 is 5.97 Å². The number of aromatic carboxylic acids is 1. The Bertz CT molecular complexity index is 476. The van der Waals surface area contributed by atoms with Crippen LogP contribution in [0.1, 0.15) is 21.5 Å². The zero-order valence-corrected chi connectivity index (χ0v) is 9.75. The summed E-state index contributed by atoms with van der Waals surface area (Å²) in [5.41, 5.74) is 1.57. The second-order valence-electron chi connectivity index (χ2n) is 3.06. The number of isocyanates is 1. The molecule has 0 unspecified atom stereocenters. The smallest absolute Gasteiger partial charge is 0.339 e. The monoisotopic (exact) mass is 269 g/mol. The highest BCUT2D eigenvalue weighted by atomic mass is 79.9. The number of carbonyl (C=O) groups is 1. The van der Waals surface area contributed by atoms with Gasteiger partial charge in [0.15, 0.2) is 0 Å². The number of carboxylic acid groups (broad SMARTS) is 1. The molecule has 0 radical (unpaired) electrons. The molecule has 4 nitrogen and oxygen atoms in total. The third-order valence-electron chi connectivity index (χ3n) is 1.98. The van der Waals surface area contributed by atoms with Crippen LogP contribution in [0.2, 0.25) is 0 Å². The lowest BCUT2D eigenvalue weighted by atomic mass is 10.0. The number of hydrogen-bond donors (Lipinski definition) is 1. The van der Waals surface area contributed by atoms with Crippen molar-refractivity contribution in [2.45, 2.75) is 13.8 Å². The topological polar surface area (TPSA) is 66.7 Å². The summed E-state index contributed by atoms with van der Waals surface area (Å²) in [6, 6.07) is 1.76. The van der Waals surface area contributed by atoms with E-state index in [1.54, 1.807) is 19.9 Å². The third kappa shape index (κ3) is 2.14. The van der Waals surface area contributed by atoms with Crippen molar-refractivity contribution in [3.8, 4) is 0 Å². The van der Waals surface area contributed by atoms with E-state index in [0.29, 0.717) is 10.0 Å². The van der Waals surface area contributed by atoms with Gasteiger partial charge in [0.05, 0.1) is 5.69 Å². The molecule has 5 heteroatoms. The van der Waals surface area contributed by atoms with Crippen LogP contribution in [-0.4, -0.2) is 17.2 Å². The SMILES string of the molecule is Cc1cc(C)c(N=C=O)c(C(=O)O)c1Br. The molecule has 1 aromatic carbocycles.